The summed E-state index contributed by atoms with van der Waals surface area (Å²) in [4.78, 5) is 14.9. The van der Waals surface area contributed by atoms with E-state index in [-0.39, 0.29) is 25.1 Å². The fourth-order valence-electron chi connectivity index (χ4n) is 2.66. The maximum Gasteiger partial charge on any atom is 0.316 e. The molecule has 0 aliphatic heterocycles. The Balaban J connectivity index is 0.00000364. The predicted octanol–water partition coefficient (Wildman–Crippen LogP) is 3.83. The van der Waals surface area contributed by atoms with E-state index < -0.39 is 10.5 Å². The number of nitrogens with one attached hydrogen (secondary N) is 1. The predicted molar refractivity (Wildman–Crippen MR) is 109 cm³/mol. The van der Waals surface area contributed by atoms with E-state index in [4.69, 9.17) is 0 Å². The molecule has 1 N–H and O–H groups in total. The Hall–Kier alpha value is -2.51. The molecule has 27 heavy (non-hydrogen) atoms. The van der Waals surface area contributed by atoms with Gasteiger partial charge in [-0.3, -0.25) is 4.79 Å². The first-order valence-corrected chi connectivity index (χ1v) is 9.56. The standard InChI is InChI=1S/C19H23N3O3S.CH4/c1-3-22(4-2)14-18(15-8-6-5-7-9-15)20-19(23)16-10-12-17(13-11-16)21-26(24)25;/h5-13,18H,3-4,14H2,1-2H3,(H,20,23);1H4. The van der Waals surface area contributed by atoms with Crippen LogP contribution in [-0.2, 0) is 10.5 Å². The van der Waals surface area contributed by atoms with Gasteiger partial charge in [-0.15, -0.1) is 4.36 Å². The molecule has 0 fully saturated rings. The van der Waals surface area contributed by atoms with Crippen LogP contribution in [0.5, 0.6) is 0 Å². The molecule has 1 unspecified atom stereocenters. The smallest absolute Gasteiger partial charge is 0.316 e. The summed E-state index contributed by atoms with van der Waals surface area (Å²) in [5.74, 6) is -0.208. The lowest BCUT2D eigenvalue weighted by molar-refractivity contribution is 0.0925. The van der Waals surface area contributed by atoms with Gasteiger partial charge in [0, 0.05) is 12.1 Å². The first-order chi connectivity index (χ1) is 12.5. The lowest BCUT2D eigenvalue weighted by Gasteiger charge is -2.26. The van der Waals surface area contributed by atoms with Gasteiger partial charge in [-0.1, -0.05) is 51.6 Å². The second-order valence-electron chi connectivity index (χ2n) is 5.78. The van der Waals surface area contributed by atoms with Gasteiger partial charge in [0.25, 0.3) is 5.91 Å². The number of rotatable bonds is 8. The van der Waals surface area contributed by atoms with Crippen molar-refractivity contribution < 1.29 is 13.2 Å². The fraction of sp³-hybridized carbons (Fsp3) is 0.350. The van der Waals surface area contributed by atoms with Crippen molar-refractivity contribution in [1.82, 2.24) is 10.2 Å². The summed E-state index contributed by atoms with van der Waals surface area (Å²) in [6, 6.07) is 15.9. The van der Waals surface area contributed by atoms with E-state index in [1.54, 1.807) is 12.1 Å². The SMILES string of the molecule is C.CCN(CC)CC(NC(=O)c1ccc(N=S(=O)=O)cc1)c1ccccc1. The first kappa shape index (κ1) is 22.5. The number of amides is 1. The summed E-state index contributed by atoms with van der Waals surface area (Å²) in [6.07, 6.45) is 0. The molecule has 7 heteroatoms. The van der Waals surface area contributed by atoms with Crippen molar-refractivity contribution in [2.75, 3.05) is 19.6 Å². The maximum absolute atomic E-state index is 12.6. The van der Waals surface area contributed by atoms with Crippen molar-refractivity contribution in [2.24, 2.45) is 4.36 Å². The van der Waals surface area contributed by atoms with E-state index in [2.05, 4.69) is 28.4 Å². The van der Waals surface area contributed by atoms with Gasteiger partial charge in [0.1, 0.15) is 0 Å². The van der Waals surface area contributed by atoms with Crippen LogP contribution >= 0.6 is 0 Å². The van der Waals surface area contributed by atoms with E-state index in [9.17, 15) is 13.2 Å². The Morgan fingerprint density at radius 1 is 1.04 bits per heavy atom. The summed E-state index contributed by atoms with van der Waals surface area (Å²) < 4.78 is 24.6. The second kappa shape index (κ2) is 11.3. The molecular weight excluding hydrogens is 362 g/mol. The molecule has 0 saturated heterocycles. The molecule has 0 saturated carbocycles. The zero-order valence-electron chi connectivity index (χ0n) is 14.9. The van der Waals surface area contributed by atoms with Crippen molar-refractivity contribution in [2.45, 2.75) is 27.3 Å². The molecule has 1 amide bonds. The summed E-state index contributed by atoms with van der Waals surface area (Å²) in [7, 11) is -2.51. The van der Waals surface area contributed by atoms with E-state index in [0.717, 1.165) is 18.7 Å². The molecule has 0 radical (unpaired) electrons. The van der Waals surface area contributed by atoms with Gasteiger partial charge in [0.15, 0.2) is 0 Å². The minimum Gasteiger partial charge on any atom is -0.344 e. The lowest BCUT2D eigenvalue weighted by atomic mass is 10.1. The highest BCUT2D eigenvalue weighted by molar-refractivity contribution is 7.61. The Morgan fingerprint density at radius 3 is 2.15 bits per heavy atom. The number of hydrogen-bond acceptors (Lipinski definition) is 5. The summed E-state index contributed by atoms with van der Waals surface area (Å²) in [6.45, 7) is 6.70. The van der Waals surface area contributed by atoms with Crippen LogP contribution in [0.15, 0.2) is 59.0 Å². The van der Waals surface area contributed by atoms with Gasteiger partial charge < -0.3 is 10.2 Å². The molecule has 2 rings (SSSR count). The highest BCUT2D eigenvalue weighted by atomic mass is 32.2. The summed E-state index contributed by atoms with van der Waals surface area (Å²) >= 11 is 0. The normalized spacial score (nSPS) is 11.4. The Bertz CT molecular complexity index is 838. The van der Waals surface area contributed by atoms with Gasteiger partial charge in [-0.25, -0.2) is 0 Å². The quantitative estimate of drug-likeness (QED) is 0.744. The number of benzene rings is 2. The van der Waals surface area contributed by atoms with Crippen LogP contribution in [0.4, 0.5) is 5.69 Å². The third-order valence-electron chi connectivity index (χ3n) is 4.15. The number of hydrogen-bond donors (Lipinski definition) is 1. The Morgan fingerprint density at radius 2 is 1.63 bits per heavy atom. The van der Waals surface area contributed by atoms with Crippen molar-refractivity contribution in [3.63, 3.8) is 0 Å². The van der Waals surface area contributed by atoms with Gasteiger partial charge >= 0.3 is 10.5 Å². The van der Waals surface area contributed by atoms with E-state index >= 15 is 0 Å². The number of carbonyl (C=O) groups is 1. The minimum atomic E-state index is -2.51. The fourth-order valence-corrected chi connectivity index (χ4v) is 2.95. The van der Waals surface area contributed by atoms with Crippen molar-refractivity contribution in [1.29, 1.82) is 0 Å². The number of carbonyl (C=O) groups excluding carboxylic acids is 1. The molecule has 0 aliphatic carbocycles. The largest absolute Gasteiger partial charge is 0.344 e. The first-order valence-electron chi connectivity index (χ1n) is 8.52. The molecule has 0 spiro atoms. The maximum atomic E-state index is 12.6. The number of nitrogens with zero attached hydrogens (tertiary/aromatic N) is 2. The van der Waals surface area contributed by atoms with E-state index in [1.807, 2.05) is 30.3 Å². The Labute approximate surface area is 162 Å². The molecule has 2 aromatic rings. The molecule has 0 heterocycles. The van der Waals surface area contributed by atoms with Crippen LogP contribution in [-0.4, -0.2) is 38.9 Å². The molecule has 146 valence electrons. The molecule has 0 bridgehead atoms. The van der Waals surface area contributed by atoms with Crippen LogP contribution in [0.25, 0.3) is 0 Å². The van der Waals surface area contributed by atoms with Gasteiger partial charge in [-0.05, 0) is 42.9 Å². The Kier molecular flexibility index (Phi) is 9.39. The average molecular weight is 390 g/mol. The molecule has 6 nitrogen and oxygen atoms in total. The second-order valence-corrected chi connectivity index (χ2v) is 6.39. The van der Waals surface area contributed by atoms with Crippen molar-refractivity contribution in [3.05, 3.63) is 65.7 Å². The topological polar surface area (TPSA) is 78.8 Å². The van der Waals surface area contributed by atoms with E-state index in [0.29, 0.717) is 12.1 Å². The molecule has 0 aliphatic rings. The summed E-state index contributed by atoms with van der Waals surface area (Å²) in [5, 5.41) is 3.08. The van der Waals surface area contributed by atoms with Crippen LogP contribution in [0, 0.1) is 0 Å². The highest BCUT2D eigenvalue weighted by Gasteiger charge is 2.18. The average Bonchev–Trinajstić information content (AvgIpc) is 2.65. The van der Waals surface area contributed by atoms with Crippen LogP contribution in [0.2, 0.25) is 0 Å². The molecule has 0 aromatic heterocycles. The zero-order valence-corrected chi connectivity index (χ0v) is 15.7. The third-order valence-corrected chi connectivity index (χ3v) is 4.51. The van der Waals surface area contributed by atoms with Crippen LogP contribution < -0.4 is 5.32 Å². The lowest BCUT2D eigenvalue weighted by Crippen LogP contribution is -2.38. The van der Waals surface area contributed by atoms with Gasteiger partial charge in [0.2, 0.25) is 0 Å². The highest BCUT2D eigenvalue weighted by Crippen LogP contribution is 2.17. The van der Waals surface area contributed by atoms with Gasteiger partial charge in [0.05, 0.1) is 11.7 Å². The summed E-state index contributed by atoms with van der Waals surface area (Å²) in [5.41, 5.74) is 1.79. The molecular formula is C20H27N3O3S. The third kappa shape index (κ3) is 6.96. The van der Waals surface area contributed by atoms with Crippen molar-refractivity contribution >= 4 is 22.1 Å². The van der Waals surface area contributed by atoms with Crippen LogP contribution in [0.1, 0.15) is 43.2 Å². The monoisotopic (exact) mass is 389 g/mol. The van der Waals surface area contributed by atoms with Crippen LogP contribution in [0.3, 0.4) is 0 Å². The molecule has 2 aromatic carbocycles. The minimum absolute atomic E-state index is 0. The zero-order chi connectivity index (χ0) is 18.9. The molecule has 1 atom stereocenters. The van der Waals surface area contributed by atoms with Crippen molar-refractivity contribution in [3.8, 4) is 0 Å². The van der Waals surface area contributed by atoms with E-state index in [1.165, 1.54) is 12.1 Å². The van der Waals surface area contributed by atoms with Gasteiger partial charge in [-0.2, -0.15) is 8.42 Å². The number of likely N-dealkylation sites (N-methyl/N-ethyl adjacent to an activating group) is 1.